The zero-order valence-corrected chi connectivity index (χ0v) is 10.8. The minimum Gasteiger partial charge on any atom is -0.381 e. The van der Waals surface area contributed by atoms with Crippen LogP contribution in [0.15, 0.2) is 12.2 Å². The van der Waals surface area contributed by atoms with E-state index in [2.05, 4.69) is 31.3 Å². The fourth-order valence-electron chi connectivity index (χ4n) is 2.98. The number of allylic oxidation sites excluding steroid dienone is 2. The van der Waals surface area contributed by atoms with E-state index < -0.39 is 0 Å². The summed E-state index contributed by atoms with van der Waals surface area (Å²) in [6.07, 6.45) is 10.1. The second kappa shape index (κ2) is 4.89. The van der Waals surface area contributed by atoms with Crippen molar-refractivity contribution in [3.63, 3.8) is 0 Å². The van der Waals surface area contributed by atoms with Gasteiger partial charge in [-0.3, -0.25) is 0 Å². The van der Waals surface area contributed by atoms with Gasteiger partial charge in [0.25, 0.3) is 0 Å². The van der Waals surface area contributed by atoms with Crippen molar-refractivity contribution in [1.82, 2.24) is 5.32 Å². The van der Waals surface area contributed by atoms with Gasteiger partial charge in [-0.15, -0.1) is 0 Å². The molecule has 16 heavy (non-hydrogen) atoms. The quantitative estimate of drug-likeness (QED) is 0.740. The number of rotatable bonds is 4. The van der Waals surface area contributed by atoms with Gasteiger partial charge < -0.3 is 10.1 Å². The topological polar surface area (TPSA) is 21.3 Å². The maximum atomic E-state index is 5.47. The summed E-state index contributed by atoms with van der Waals surface area (Å²) in [7, 11) is 1.83. The molecule has 0 aromatic carbocycles. The first kappa shape index (κ1) is 12.1. The van der Waals surface area contributed by atoms with Gasteiger partial charge in [-0.25, -0.2) is 0 Å². The van der Waals surface area contributed by atoms with Gasteiger partial charge in [0.15, 0.2) is 0 Å². The molecular weight excluding hydrogens is 198 g/mol. The molecule has 1 saturated carbocycles. The van der Waals surface area contributed by atoms with Crippen molar-refractivity contribution in [2.24, 2.45) is 11.3 Å². The molecule has 0 aromatic heterocycles. The molecule has 3 atom stereocenters. The third-order valence-corrected chi connectivity index (χ3v) is 4.49. The van der Waals surface area contributed by atoms with Gasteiger partial charge in [-0.05, 0) is 38.1 Å². The Kier molecular flexibility index (Phi) is 3.70. The molecule has 2 nitrogen and oxygen atoms in total. The molecule has 0 spiro atoms. The second-order valence-electron chi connectivity index (χ2n) is 5.89. The van der Waals surface area contributed by atoms with Crippen LogP contribution in [0.4, 0.5) is 0 Å². The van der Waals surface area contributed by atoms with Crippen LogP contribution < -0.4 is 5.32 Å². The Bertz CT molecular complexity index is 259. The fourth-order valence-corrected chi connectivity index (χ4v) is 2.98. The Morgan fingerprint density at radius 3 is 2.75 bits per heavy atom. The molecule has 0 radical (unpaired) electrons. The average Bonchev–Trinajstić information content (AvgIpc) is 2.29. The first-order chi connectivity index (χ1) is 7.64. The Balaban J connectivity index is 1.73. The highest BCUT2D eigenvalue weighted by Crippen LogP contribution is 2.42. The van der Waals surface area contributed by atoms with Crippen molar-refractivity contribution in [2.75, 3.05) is 13.7 Å². The monoisotopic (exact) mass is 223 g/mol. The van der Waals surface area contributed by atoms with Crippen molar-refractivity contribution in [3.05, 3.63) is 12.2 Å². The first-order valence-corrected chi connectivity index (χ1v) is 6.55. The van der Waals surface area contributed by atoms with Crippen LogP contribution in [0.2, 0.25) is 0 Å². The Morgan fingerprint density at radius 1 is 1.38 bits per heavy atom. The summed E-state index contributed by atoms with van der Waals surface area (Å²) in [5.74, 6) is 0.849. The van der Waals surface area contributed by atoms with Crippen LogP contribution in [0.25, 0.3) is 0 Å². The summed E-state index contributed by atoms with van der Waals surface area (Å²) in [5.41, 5.74) is 0.305. The highest BCUT2D eigenvalue weighted by molar-refractivity contribution is 5.03. The van der Waals surface area contributed by atoms with Crippen LogP contribution in [0.3, 0.4) is 0 Å². The van der Waals surface area contributed by atoms with E-state index in [4.69, 9.17) is 4.74 Å². The molecule has 0 bridgehead atoms. The van der Waals surface area contributed by atoms with E-state index in [0.717, 1.165) is 5.92 Å². The molecule has 0 amide bonds. The third-order valence-electron chi connectivity index (χ3n) is 4.49. The number of ether oxygens (including phenoxy) is 1. The molecule has 0 aliphatic heterocycles. The zero-order valence-electron chi connectivity index (χ0n) is 10.8. The zero-order chi connectivity index (χ0) is 11.6. The predicted octanol–water partition coefficient (Wildman–Crippen LogP) is 2.75. The highest BCUT2D eigenvalue weighted by Gasteiger charge is 2.48. The summed E-state index contributed by atoms with van der Waals surface area (Å²) in [4.78, 5) is 0. The molecular formula is C14H25NO. The van der Waals surface area contributed by atoms with Crippen molar-refractivity contribution < 1.29 is 4.74 Å². The molecule has 2 aliphatic carbocycles. The maximum Gasteiger partial charge on any atom is 0.0652 e. The molecule has 3 unspecified atom stereocenters. The lowest BCUT2D eigenvalue weighted by Crippen LogP contribution is -2.61. The predicted molar refractivity (Wildman–Crippen MR) is 67.5 cm³/mol. The normalized spacial score (nSPS) is 37.1. The Morgan fingerprint density at radius 2 is 2.19 bits per heavy atom. The van der Waals surface area contributed by atoms with E-state index in [1.54, 1.807) is 0 Å². The molecule has 92 valence electrons. The standard InChI is InChI=1S/C14H25NO/c1-14(2)12(9-13(14)16-3)15-10-11-7-5-4-6-8-11/h4-5,11-13,15H,6-10H2,1-3H3. The van der Waals surface area contributed by atoms with Crippen molar-refractivity contribution in [3.8, 4) is 0 Å². The summed E-state index contributed by atoms with van der Waals surface area (Å²) >= 11 is 0. The van der Waals surface area contributed by atoms with Crippen LogP contribution in [0.5, 0.6) is 0 Å². The van der Waals surface area contributed by atoms with Gasteiger partial charge in [0.2, 0.25) is 0 Å². The fraction of sp³-hybridized carbons (Fsp3) is 0.857. The lowest BCUT2D eigenvalue weighted by molar-refractivity contribution is -0.0981. The van der Waals surface area contributed by atoms with Gasteiger partial charge in [0.05, 0.1) is 6.10 Å². The van der Waals surface area contributed by atoms with Gasteiger partial charge >= 0.3 is 0 Å². The van der Waals surface area contributed by atoms with E-state index in [1.165, 1.54) is 32.2 Å². The highest BCUT2D eigenvalue weighted by atomic mass is 16.5. The van der Waals surface area contributed by atoms with Crippen molar-refractivity contribution in [1.29, 1.82) is 0 Å². The lowest BCUT2D eigenvalue weighted by Gasteiger charge is -2.51. The van der Waals surface area contributed by atoms with Gasteiger partial charge in [0.1, 0.15) is 0 Å². The Hall–Kier alpha value is -0.340. The molecule has 2 aliphatic rings. The largest absolute Gasteiger partial charge is 0.381 e. The maximum absolute atomic E-state index is 5.47. The number of nitrogens with one attached hydrogen (secondary N) is 1. The molecule has 0 heterocycles. The number of methoxy groups -OCH3 is 1. The van der Waals surface area contributed by atoms with Gasteiger partial charge in [-0.2, -0.15) is 0 Å². The average molecular weight is 223 g/mol. The second-order valence-corrected chi connectivity index (χ2v) is 5.89. The SMILES string of the molecule is COC1CC(NCC2CC=CCC2)C1(C)C. The summed E-state index contributed by atoms with van der Waals surface area (Å²) < 4.78 is 5.47. The number of hydrogen-bond acceptors (Lipinski definition) is 2. The van der Waals surface area contributed by atoms with E-state index >= 15 is 0 Å². The molecule has 0 saturated heterocycles. The molecule has 0 aromatic rings. The van der Waals surface area contributed by atoms with Crippen LogP contribution >= 0.6 is 0 Å². The van der Waals surface area contributed by atoms with Crippen LogP contribution in [-0.4, -0.2) is 25.8 Å². The van der Waals surface area contributed by atoms with E-state index in [1.807, 2.05) is 7.11 Å². The minimum atomic E-state index is 0.305. The van der Waals surface area contributed by atoms with Crippen LogP contribution in [0, 0.1) is 11.3 Å². The lowest BCUT2D eigenvalue weighted by atomic mass is 9.64. The summed E-state index contributed by atoms with van der Waals surface area (Å²) in [6, 6.07) is 0.642. The first-order valence-electron chi connectivity index (χ1n) is 6.55. The molecule has 2 rings (SSSR count). The molecule has 1 fully saturated rings. The van der Waals surface area contributed by atoms with Gasteiger partial charge in [0, 0.05) is 18.6 Å². The smallest absolute Gasteiger partial charge is 0.0652 e. The van der Waals surface area contributed by atoms with Crippen LogP contribution in [-0.2, 0) is 4.74 Å². The minimum absolute atomic E-state index is 0.305. The van der Waals surface area contributed by atoms with E-state index in [0.29, 0.717) is 17.6 Å². The van der Waals surface area contributed by atoms with Crippen LogP contribution in [0.1, 0.15) is 39.5 Å². The molecule has 1 N–H and O–H groups in total. The van der Waals surface area contributed by atoms with Crippen molar-refractivity contribution >= 4 is 0 Å². The molecule has 2 heteroatoms. The van der Waals surface area contributed by atoms with Gasteiger partial charge in [-0.1, -0.05) is 26.0 Å². The van der Waals surface area contributed by atoms with Crippen molar-refractivity contribution in [2.45, 2.75) is 51.7 Å². The summed E-state index contributed by atoms with van der Waals surface area (Å²) in [6.45, 7) is 5.79. The summed E-state index contributed by atoms with van der Waals surface area (Å²) in [5, 5.41) is 3.73. The Labute approximate surface area is 99.4 Å². The third kappa shape index (κ3) is 2.33. The van der Waals surface area contributed by atoms with E-state index in [-0.39, 0.29) is 0 Å². The van der Waals surface area contributed by atoms with E-state index in [9.17, 15) is 0 Å². The number of hydrogen-bond donors (Lipinski definition) is 1.